The molecular formula is C23H29N3O4. The molecule has 3 rings (SSSR count). The lowest BCUT2D eigenvalue weighted by atomic mass is 9.94. The first-order valence-corrected chi connectivity index (χ1v) is 10.5. The first-order chi connectivity index (χ1) is 14.5. The summed E-state index contributed by atoms with van der Waals surface area (Å²) in [6.07, 6.45) is 5.33. The van der Waals surface area contributed by atoms with Crippen LogP contribution in [0.1, 0.15) is 66.9 Å². The zero-order valence-electron chi connectivity index (χ0n) is 17.4. The molecule has 1 saturated carbocycles. The summed E-state index contributed by atoms with van der Waals surface area (Å²) in [5.41, 5.74) is 8.39. The lowest BCUT2D eigenvalue weighted by Crippen LogP contribution is -2.34. The molecule has 1 aromatic rings. The van der Waals surface area contributed by atoms with E-state index in [4.69, 9.17) is 10.5 Å². The van der Waals surface area contributed by atoms with E-state index in [1.807, 2.05) is 25.1 Å². The van der Waals surface area contributed by atoms with Crippen molar-refractivity contribution in [1.82, 2.24) is 10.2 Å². The van der Waals surface area contributed by atoms with Gasteiger partial charge in [0, 0.05) is 36.2 Å². The SMILES string of the molecule is CC(CCC(=O)NC=O)N1Cc2cc(C#CCOC3CCC(N)CC3)ccc2C1=O. The highest BCUT2D eigenvalue weighted by molar-refractivity contribution is 5.98. The van der Waals surface area contributed by atoms with Crippen molar-refractivity contribution in [3.63, 3.8) is 0 Å². The quantitative estimate of drug-likeness (QED) is 0.525. The normalized spacial score (nSPS) is 21.4. The van der Waals surface area contributed by atoms with Gasteiger partial charge in [0.25, 0.3) is 5.91 Å². The van der Waals surface area contributed by atoms with Gasteiger partial charge in [-0.25, -0.2) is 0 Å². The lowest BCUT2D eigenvalue weighted by Gasteiger charge is -2.25. The van der Waals surface area contributed by atoms with E-state index >= 15 is 0 Å². The van der Waals surface area contributed by atoms with Crippen LogP contribution in [0.25, 0.3) is 0 Å². The summed E-state index contributed by atoms with van der Waals surface area (Å²) in [6.45, 7) is 2.80. The Morgan fingerprint density at radius 3 is 2.87 bits per heavy atom. The van der Waals surface area contributed by atoms with Gasteiger partial charge in [-0.05, 0) is 62.8 Å². The fourth-order valence-corrected chi connectivity index (χ4v) is 3.96. The zero-order valence-corrected chi connectivity index (χ0v) is 17.4. The van der Waals surface area contributed by atoms with E-state index in [1.54, 1.807) is 4.90 Å². The number of hydrogen-bond acceptors (Lipinski definition) is 5. The number of imide groups is 1. The smallest absolute Gasteiger partial charge is 0.254 e. The maximum absolute atomic E-state index is 12.7. The van der Waals surface area contributed by atoms with Gasteiger partial charge in [0.1, 0.15) is 6.61 Å². The Kier molecular flexibility index (Phi) is 7.61. The highest BCUT2D eigenvalue weighted by atomic mass is 16.5. The molecule has 0 saturated heterocycles. The molecule has 0 aromatic heterocycles. The van der Waals surface area contributed by atoms with Gasteiger partial charge in [-0.1, -0.05) is 11.8 Å². The third-order valence-electron chi connectivity index (χ3n) is 5.82. The van der Waals surface area contributed by atoms with Crippen molar-refractivity contribution in [2.45, 2.75) is 70.2 Å². The van der Waals surface area contributed by atoms with E-state index in [0.29, 0.717) is 37.6 Å². The number of nitrogens with one attached hydrogen (secondary N) is 1. The number of carbonyl (C=O) groups excluding carboxylic acids is 3. The van der Waals surface area contributed by atoms with E-state index in [0.717, 1.165) is 36.8 Å². The fraction of sp³-hybridized carbons (Fsp3) is 0.522. The Hall–Kier alpha value is -2.69. The van der Waals surface area contributed by atoms with Crippen molar-refractivity contribution < 1.29 is 19.1 Å². The largest absolute Gasteiger partial charge is 0.366 e. The molecule has 7 heteroatoms. The predicted octanol–water partition coefficient (Wildman–Crippen LogP) is 1.72. The second kappa shape index (κ2) is 10.4. The molecule has 2 aliphatic rings. The Labute approximate surface area is 177 Å². The number of carbonyl (C=O) groups is 3. The summed E-state index contributed by atoms with van der Waals surface area (Å²) in [6, 6.07) is 5.83. The highest BCUT2D eigenvalue weighted by Gasteiger charge is 2.30. The first-order valence-electron chi connectivity index (χ1n) is 10.5. The minimum Gasteiger partial charge on any atom is -0.366 e. The minimum atomic E-state index is -0.336. The maximum atomic E-state index is 12.7. The van der Waals surface area contributed by atoms with Gasteiger partial charge in [-0.15, -0.1) is 0 Å². The van der Waals surface area contributed by atoms with Gasteiger partial charge in [-0.3, -0.25) is 19.7 Å². The van der Waals surface area contributed by atoms with E-state index in [9.17, 15) is 14.4 Å². The first kappa shape index (κ1) is 22.0. The summed E-state index contributed by atoms with van der Waals surface area (Å²) in [4.78, 5) is 36.2. The molecule has 1 fully saturated rings. The second-order valence-corrected chi connectivity index (χ2v) is 8.03. The van der Waals surface area contributed by atoms with E-state index in [2.05, 4.69) is 17.2 Å². The van der Waals surface area contributed by atoms with Crippen LogP contribution in [0.15, 0.2) is 18.2 Å². The average Bonchev–Trinajstić information content (AvgIpc) is 3.07. The molecule has 3 N–H and O–H groups in total. The summed E-state index contributed by atoms with van der Waals surface area (Å²) in [5, 5.41) is 2.12. The van der Waals surface area contributed by atoms with Gasteiger partial charge in [0.2, 0.25) is 12.3 Å². The van der Waals surface area contributed by atoms with Crippen LogP contribution in [0.4, 0.5) is 0 Å². The van der Waals surface area contributed by atoms with Crippen LogP contribution in [-0.2, 0) is 20.9 Å². The summed E-state index contributed by atoms with van der Waals surface area (Å²) < 4.78 is 5.83. The zero-order chi connectivity index (χ0) is 21.5. The molecule has 1 unspecified atom stereocenters. The van der Waals surface area contributed by atoms with Crippen LogP contribution >= 0.6 is 0 Å². The van der Waals surface area contributed by atoms with Crippen LogP contribution in [0.5, 0.6) is 0 Å². The lowest BCUT2D eigenvalue weighted by molar-refractivity contribution is -0.125. The topological polar surface area (TPSA) is 102 Å². The van der Waals surface area contributed by atoms with Gasteiger partial charge < -0.3 is 15.4 Å². The monoisotopic (exact) mass is 411 g/mol. The average molecular weight is 412 g/mol. The number of benzene rings is 1. The molecular weight excluding hydrogens is 382 g/mol. The molecule has 1 aliphatic carbocycles. The number of hydrogen-bond donors (Lipinski definition) is 2. The Morgan fingerprint density at radius 1 is 1.37 bits per heavy atom. The van der Waals surface area contributed by atoms with Crippen molar-refractivity contribution in [3.8, 4) is 11.8 Å². The Morgan fingerprint density at radius 2 is 2.13 bits per heavy atom. The number of nitrogens with zero attached hydrogens (tertiary/aromatic N) is 1. The second-order valence-electron chi connectivity index (χ2n) is 8.03. The molecule has 7 nitrogen and oxygen atoms in total. The Bertz CT molecular complexity index is 850. The van der Waals surface area contributed by atoms with Crippen molar-refractivity contribution >= 4 is 18.2 Å². The van der Waals surface area contributed by atoms with Gasteiger partial charge >= 0.3 is 0 Å². The van der Waals surface area contributed by atoms with E-state index < -0.39 is 0 Å². The highest BCUT2D eigenvalue weighted by Crippen LogP contribution is 2.27. The molecule has 1 aromatic carbocycles. The van der Waals surface area contributed by atoms with Crippen molar-refractivity contribution in [3.05, 3.63) is 34.9 Å². The van der Waals surface area contributed by atoms with Crippen LogP contribution in [0.2, 0.25) is 0 Å². The van der Waals surface area contributed by atoms with Crippen LogP contribution in [-0.4, -0.2) is 47.9 Å². The molecule has 160 valence electrons. The molecule has 1 heterocycles. The number of rotatable bonds is 7. The summed E-state index contributed by atoms with van der Waals surface area (Å²) in [5.74, 6) is 5.81. The van der Waals surface area contributed by atoms with Crippen molar-refractivity contribution in [2.24, 2.45) is 5.73 Å². The van der Waals surface area contributed by atoms with Crippen LogP contribution < -0.4 is 11.1 Å². The third kappa shape index (κ3) is 5.68. The molecule has 0 spiro atoms. The van der Waals surface area contributed by atoms with E-state index in [-0.39, 0.29) is 30.4 Å². The number of fused-ring (bicyclic) bond motifs is 1. The minimum absolute atomic E-state index is 0.0355. The van der Waals surface area contributed by atoms with Crippen LogP contribution in [0, 0.1) is 11.8 Å². The third-order valence-corrected chi connectivity index (χ3v) is 5.82. The van der Waals surface area contributed by atoms with Crippen molar-refractivity contribution in [2.75, 3.05) is 6.61 Å². The van der Waals surface area contributed by atoms with Crippen molar-refractivity contribution in [1.29, 1.82) is 0 Å². The standard InChI is InChI=1S/C23H29N3O4/c1-16(4-11-22(28)25-15-27)26-14-18-13-17(5-10-21(18)23(26)29)3-2-12-30-20-8-6-19(24)7-9-20/h5,10,13,15-16,19-20H,4,6-9,11-12,14,24H2,1H3,(H,25,27,28). The predicted molar refractivity (Wildman–Crippen MR) is 112 cm³/mol. The van der Waals surface area contributed by atoms with Gasteiger partial charge in [0.05, 0.1) is 6.10 Å². The van der Waals surface area contributed by atoms with E-state index in [1.165, 1.54) is 0 Å². The number of amides is 3. The van der Waals surface area contributed by atoms with Crippen LogP contribution in [0.3, 0.4) is 0 Å². The number of ether oxygens (including phenoxy) is 1. The molecule has 3 amide bonds. The molecule has 0 radical (unpaired) electrons. The molecule has 30 heavy (non-hydrogen) atoms. The van der Waals surface area contributed by atoms with Gasteiger partial charge in [0.15, 0.2) is 0 Å². The molecule has 1 aliphatic heterocycles. The molecule has 0 bridgehead atoms. The number of nitrogens with two attached hydrogens (primary N) is 1. The maximum Gasteiger partial charge on any atom is 0.254 e. The summed E-state index contributed by atoms with van der Waals surface area (Å²) in [7, 11) is 0. The van der Waals surface area contributed by atoms with Gasteiger partial charge in [-0.2, -0.15) is 0 Å². The fourth-order valence-electron chi connectivity index (χ4n) is 3.96. The molecule has 1 atom stereocenters. The summed E-state index contributed by atoms with van der Waals surface area (Å²) >= 11 is 0. The Balaban J connectivity index is 1.52.